The molecule has 0 radical (unpaired) electrons. The zero-order chi connectivity index (χ0) is 21.2. The summed E-state index contributed by atoms with van der Waals surface area (Å²) in [4.78, 5) is 24.1. The van der Waals surface area contributed by atoms with Crippen molar-refractivity contribution in [3.8, 4) is 0 Å². The van der Waals surface area contributed by atoms with Crippen molar-refractivity contribution in [1.82, 2.24) is 15.0 Å². The minimum atomic E-state index is -0.363. The van der Waals surface area contributed by atoms with Crippen LogP contribution in [0.1, 0.15) is 44.3 Å². The number of aromatic amines is 1. The van der Waals surface area contributed by atoms with E-state index in [-0.39, 0.29) is 5.97 Å². The summed E-state index contributed by atoms with van der Waals surface area (Å²) in [5.74, 6) is 0.502. The summed E-state index contributed by atoms with van der Waals surface area (Å²) in [6, 6.07) is 16.6. The maximum Gasteiger partial charge on any atom is 0.354 e. The summed E-state index contributed by atoms with van der Waals surface area (Å²) in [7, 11) is 1.38. The third-order valence-electron chi connectivity index (χ3n) is 5.72. The number of hydrogen-bond acceptors (Lipinski definition) is 4. The molecular weight excluding hydrogens is 386 g/mol. The van der Waals surface area contributed by atoms with Crippen LogP contribution in [0.25, 0.3) is 17.0 Å². The van der Waals surface area contributed by atoms with E-state index in [9.17, 15) is 4.79 Å². The summed E-state index contributed by atoms with van der Waals surface area (Å²) in [6.45, 7) is 0. The number of allylic oxidation sites excluding steroid dienone is 1. The summed E-state index contributed by atoms with van der Waals surface area (Å²) in [5, 5.41) is 0.984. The Morgan fingerprint density at radius 3 is 2.87 bits per heavy atom. The minimum Gasteiger partial charge on any atom is -0.464 e. The molecule has 0 saturated heterocycles. The summed E-state index contributed by atoms with van der Waals surface area (Å²) >= 11 is 0. The highest BCUT2D eigenvalue weighted by Crippen LogP contribution is 2.22. The molecule has 1 aliphatic carbocycles. The van der Waals surface area contributed by atoms with Gasteiger partial charge in [-0.15, -0.1) is 0 Å². The van der Waals surface area contributed by atoms with E-state index in [1.807, 2.05) is 24.4 Å². The van der Waals surface area contributed by atoms with Gasteiger partial charge in [-0.2, -0.15) is 0 Å². The highest BCUT2D eigenvalue weighted by Gasteiger charge is 2.11. The largest absolute Gasteiger partial charge is 0.464 e. The van der Waals surface area contributed by atoms with E-state index in [4.69, 9.17) is 9.72 Å². The van der Waals surface area contributed by atoms with Crippen molar-refractivity contribution >= 4 is 22.9 Å². The highest BCUT2D eigenvalue weighted by atomic mass is 16.5. The lowest BCUT2D eigenvalue weighted by atomic mass is 10.0. The average Bonchev–Trinajstić information content (AvgIpc) is 3.43. The molecule has 2 aromatic heterocycles. The van der Waals surface area contributed by atoms with Crippen LogP contribution in [-0.4, -0.2) is 28.0 Å². The van der Waals surface area contributed by atoms with Crippen LogP contribution in [0.4, 0.5) is 0 Å². The first-order valence-electron chi connectivity index (χ1n) is 10.5. The van der Waals surface area contributed by atoms with Crippen LogP contribution < -0.4 is 0 Å². The number of aryl methyl sites for hydroxylation is 2. The fourth-order valence-corrected chi connectivity index (χ4v) is 4.09. The lowest BCUT2D eigenvalue weighted by Crippen LogP contribution is -2.02. The molecule has 0 amide bonds. The van der Waals surface area contributed by atoms with E-state index in [1.165, 1.54) is 23.8 Å². The van der Waals surface area contributed by atoms with Crippen molar-refractivity contribution in [3.05, 3.63) is 100 Å². The molecule has 2 heterocycles. The number of rotatable bonds is 6. The van der Waals surface area contributed by atoms with E-state index < -0.39 is 0 Å². The number of nitrogens with one attached hydrogen (secondary N) is 1. The fraction of sp³-hybridized carbons (Fsp3) is 0.192. The molecule has 5 heteroatoms. The molecule has 0 atom stereocenters. The third-order valence-corrected chi connectivity index (χ3v) is 5.72. The van der Waals surface area contributed by atoms with E-state index in [0.717, 1.165) is 47.2 Å². The van der Waals surface area contributed by atoms with Crippen LogP contribution in [0.2, 0.25) is 0 Å². The Kier molecular flexibility index (Phi) is 5.08. The van der Waals surface area contributed by atoms with Crippen LogP contribution in [-0.2, 0) is 30.4 Å². The number of aromatic nitrogens is 3. The van der Waals surface area contributed by atoms with Gasteiger partial charge in [0.05, 0.1) is 7.11 Å². The van der Waals surface area contributed by atoms with Crippen LogP contribution in [0.5, 0.6) is 0 Å². The summed E-state index contributed by atoms with van der Waals surface area (Å²) in [6.07, 6.45) is 9.75. The number of H-pyrrole nitrogens is 1. The molecule has 5 rings (SSSR count). The number of hydrogen-bond donors (Lipinski definition) is 1. The van der Waals surface area contributed by atoms with E-state index in [1.54, 1.807) is 0 Å². The quantitative estimate of drug-likeness (QED) is 0.469. The van der Waals surface area contributed by atoms with Gasteiger partial charge in [-0.1, -0.05) is 36.4 Å². The first-order chi connectivity index (χ1) is 15.2. The van der Waals surface area contributed by atoms with Crippen LogP contribution in [0, 0.1) is 0 Å². The first kappa shape index (κ1) is 19.2. The van der Waals surface area contributed by atoms with E-state index >= 15 is 0 Å². The lowest BCUT2D eigenvalue weighted by Gasteiger charge is -2.06. The van der Waals surface area contributed by atoms with Crippen LogP contribution in [0.3, 0.4) is 0 Å². The molecule has 31 heavy (non-hydrogen) atoms. The minimum absolute atomic E-state index is 0.363. The second-order valence-electron chi connectivity index (χ2n) is 7.88. The standard InChI is InChI=1S/C26H23N3O2/c1-31-26(30)24-16-21-14-18(6-9-23(21)29-24)15-22-11-12-27-25(28-22)10-7-17-5-8-19-3-2-4-20(19)13-17/h2,4-6,8-9,11-14,16,29H,3,7,10,15H2,1H3. The number of carbonyl (C=O) groups is 1. The van der Waals surface area contributed by atoms with Gasteiger partial charge >= 0.3 is 5.97 Å². The second-order valence-corrected chi connectivity index (χ2v) is 7.88. The predicted molar refractivity (Wildman–Crippen MR) is 121 cm³/mol. The van der Waals surface area contributed by atoms with Crippen LogP contribution >= 0.6 is 0 Å². The maximum absolute atomic E-state index is 11.7. The van der Waals surface area contributed by atoms with Crippen molar-refractivity contribution in [2.45, 2.75) is 25.7 Å². The normalized spacial score (nSPS) is 12.3. The van der Waals surface area contributed by atoms with Gasteiger partial charge in [0.1, 0.15) is 11.5 Å². The van der Waals surface area contributed by atoms with Crippen molar-refractivity contribution in [2.24, 2.45) is 0 Å². The molecule has 1 N–H and O–H groups in total. The van der Waals surface area contributed by atoms with Crippen molar-refractivity contribution < 1.29 is 9.53 Å². The van der Waals surface area contributed by atoms with Gasteiger partial charge in [0.25, 0.3) is 0 Å². The molecule has 0 spiro atoms. The number of fused-ring (bicyclic) bond motifs is 2. The van der Waals surface area contributed by atoms with E-state index in [0.29, 0.717) is 12.1 Å². The second kappa shape index (κ2) is 8.19. The Morgan fingerprint density at radius 1 is 1.06 bits per heavy atom. The Labute approximate surface area is 180 Å². The summed E-state index contributed by atoms with van der Waals surface area (Å²) < 4.78 is 4.79. The molecule has 4 aromatic rings. The predicted octanol–water partition coefficient (Wildman–Crippen LogP) is 4.69. The molecule has 0 unspecified atom stereocenters. The van der Waals surface area contributed by atoms with Gasteiger partial charge < -0.3 is 9.72 Å². The van der Waals surface area contributed by atoms with Gasteiger partial charge in [0.15, 0.2) is 0 Å². The molecule has 2 aromatic carbocycles. The average molecular weight is 409 g/mol. The Balaban J connectivity index is 1.28. The van der Waals surface area contributed by atoms with Crippen molar-refractivity contribution in [3.63, 3.8) is 0 Å². The first-order valence-corrected chi connectivity index (χ1v) is 10.5. The number of ether oxygens (including phenoxy) is 1. The zero-order valence-corrected chi connectivity index (χ0v) is 17.4. The van der Waals surface area contributed by atoms with Gasteiger partial charge in [-0.05, 0) is 59.4 Å². The zero-order valence-electron chi connectivity index (χ0n) is 17.4. The van der Waals surface area contributed by atoms with Crippen LogP contribution in [0.15, 0.2) is 60.8 Å². The number of nitrogens with zero attached hydrogens (tertiary/aromatic N) is 2. The fourth-order valence-electron chi connectivity index (χ4n) is 4.09. The van der Waals surface area contributed by atoms with Gasteiger partial charge in [-0.3, -0.25) is 0 Å². The van der Waals surface area contributed by atoms with Gasteiger partial charge in [-0.25, -0.2) is 14.8 Å². The number of benzene rings is 2. The smallest absolute Gasteiger partial charge is 0.354 e. The molecule has 154 valence electrons. The van der Waals surface area contributed by atoms with E-state index in [2.05, 4.69) is 52.5 Å². The molecule has 0 aliphatic heterocycles. The molecule has 5 nitrogen and oxygen atoms in total. The number of esters is 1. The SMILES string of the molecule is COC(=O)c1cc2cc(Cc3ccnc(CCc4ccc5c(c4)C=CC5)n3)ccc2[nH]1. The Morgan fingerprint density at radius 2 is 1.97 bits per heavy atom. The number of carbonyl (C=O) groups excluding carboxylic acids is 1. The Bertz CT molecular complexity index is 1300. The van der Waals surface area contributed by atoms with Crippen molar-refractivity contribution in [2.75, 3.05) is 7.11 Å². The Hall–Kier alpha value is -3.73. The van der Waals surface area contributed by atoms with Gasteiger partial charge in [0, 0.05) is 35.6 Å². The molecule has 0 fully saturated rings. The van der Waals surface area contributed by atoms with Crippen molar-refractivity contribution in [1.29, 1.82) is 0 Å². The highest BCUT2D eigenvalue weighted by molar-refractivity contribution is 5.94. The number of methoxy groups -OCH3 is 1. The lowest BCUT2D eigenvalue weighted by molar-refractivity contribution is 0.0595. The monoisotopic (exact) mass is 409 g/mol. The van der Waals surface area contributed by atoms with Gasteiger partial charge in [0.2, 0.25) is 0 Å². The molecule has 1 aliphatic rings. The molecular formula is C26H23N3O2. The maximum atomic E-state index is 11.7. The molecule has 0 bridgehead atoms. The molecule has 0 saturated carbocycles. The third kappa shape index (κ3) is 4.12. The topological polar surface area (TPSA) is 67.9 Å². The summed E-state index contributed by atoms with van der Waals surface area (Å²) in [5.41, 5.74) is 7.56.